The highest BCUT2D eigenvalue weighted by Crippen LogP contribution is 2.22. The van der Waals surface area contributed by atoms with Crippen LogP contribution in [-0.2, 0) is 6.42 Å². The summed E-state index contributed by atoms with van der Waals surface area (Å²) in [6.45, 7) is 2.16. The second kappa shape index (κ2) is 5.74. The van der Waals surface area contributed by atoms with E-state index < -0.39 is 0 Å². The van der Waals surface area contributed by atoms with E-state index in [1.807, 2.05) is 24.3 Å². The zero-order chi connectivity index (χ0) is 12.1. The van der Waals surface area contributed by atoms with Gasteiger partial charge in [0, 0.05) is 11.4 Å². The Morgan fingerprint density at radius 1 is 1.47 bits per heavy atom. The second-order valence-corrected chi connectivity index (χ2v) is 4.97. The van der Waals surface area contributed by atoms with Crippen LogP contribution in [0.5, 0.6) is 0 Å². The van der Waals surface area contributed by atoms with Gasteiger partial charge in [-0.05, 0) is 24.1 Å². The molecule has 0 saturated heterocycles. The molecule has 1 aromatic carbocycles. The smallest absolute Gasteiger partial charge is 0.161 e. The molecule has 1 aromatic rings. The molecular weight excluding hydrogens is 230 g/mol. The molecule has 1 aliphatic rings. The summed E-state index contributed by atoms with van der Waals surface area (Å²) in [7, 11) is 0. The van der Waals surface area contributed by atoms with Gasteiger partial charge in [-0.25, -0.2) is 0 Å². The van der Waals surface area contributed by atoms with Crippen LogP contribution in [0.15, 0.2) is 29.3 Å². The van der Waals surface area contributed by atoms with Gasteiger partial charge < -0.3 is 5.32 Å². The van der Waals surface area contributed by atoms with Gasteiger partial charge in [-0.2, -0.15) is 5.26 Å². The first-order chi connectivity index (χ1) is 8.31. The highest BCUT2D eigenvalue weighted by molar-refractivity contribution is 8.14. The van der Waals surface area contributed by atoms with Crippen molar-refractivity contribution < 1.29 is 0 Å². The van der Waals surface area contributed by atoms with Gasteiger partial charge in [-0.15, -0.1) is 0 Å². The standard InChI is InChI=1S/C13H15N3S/c1-2-11-9-17-13(15-11)16-12-5-3-10(4-6-12)7-8-14/h3-6,11H,2,7,9H2,1H3,(H,15,16). The van der Waals surface area contributed by atoms with Crippen LogP contribution in [0.2, 0.25) is 0 Å². The Kier molecular flexibility index (Phi) is 4.05. The quantitative estimate of drug-likeness (QED) is 0.890. The minimum atomic E-state index is 0.459. The van der Waals surface area contributed by atoms with Gasteiger partial charge in [-0.3, -0.25) is 4.99 Å². The number of hydrogen-bond acceptors (Lipinski definition) is 4. The SMILES string of the molecule is CCC1CSC(Nc2ccc(CC#N)cc2)=N1. The van der Waals surface area contributed by atoms with Crippen molar-refractivity contribution in [2.75, 3.05) is 11.1 Å². The van der Waals surface area contributed by atoms with Crippen molar-refractivity contribution in [3.63, 3.8) is 0 Å². The lowest BCUT2D eigenvalue weighted by atomic mass is 10.1. The summed E-state index contributed by atoms with van der Waals surface area (Å²) < 4.78 is 0. The van der Waals surface area contributed by atoms with Crippen molar-refractivity contribution in [2.45, 2.75) is 25.8 Å². The molecule has 1 aliphatic heterocycles. The second-order valence-electron chi connectivity index (χ2n) is 3.96. The average Bonchev–Trinajstić information content (AvgIpc) is 2.80. The monoisotopic (exact) mass is 245 g/mol. The number of nitrogens with one attached hydrogen (secondary N) is 1. The van der Waals surface area contributed by atoms with Gasteiger partial charge in [0.05, 0.1) is 18.5 Å². The van der Waals surface area contributed by atoms with Gasteiger partial charge in [0.1, 0.15) is 0 Å². The van der Waals surface area contributed by atoms with Crippen molar-refractivity contribution >= 4 is 22.6 Å². The summed E-state index contributed by atoms with van der Waals surface area (Å²) in [6, 6.07) is 10.5. The van der Waals surface area contributed by atoms with Crippen molar-refractivity contribution in [2.24, 2.45) is 4.99 Å². The van der Waals surface area contributed by atoms with Gasteiger partial charge in [0.25, 0.3) is 0 Å². The van der Waals surface area contributed by atoms with Crippen LogP contribution in [0.1, 0.15) is 18.9 Å². The van der Waals surface area contributed by atoms with E-state index in [1.54, 1.807) is 11.8 Å². The van der Waals surface area contributed by atoms with E-state index in [0.717, 1.165) is 28.6 Å². The number of rotatable bonds is 3. The molecule has 17 heavy (non-hydrogen) atoms. The molecular formula is C13H15N3S. The molecule has 0 radical (unpaired) electrons. The predicted molar refractivity (Wildman–Crippen MR) is 73.4 cm³/mol. The molecule has 88 valence electrons. The fraction of sp³-hybridized carbons (Fsp3) is 0.385. The number of anilines is 1. The first-order valence-corrected chi connectivity index (χ1v) is 6.74. The Balaban J connectivity index is 1.98. The van der Waals surface area contributed by atoms with Crippen molar-refractivity contribution in [3.8, 4) is 6.07 Å². The first-order valence-electron chi connectivity index (χ1n) is 5.75. The predicted octanol–water partition coefficient (Wildman–Crippen LogP) is 3.05. The molecule has 1 atom stereocenters. The maximum atomic E-state index is 8.59. The molecule has 0 spiro atoms. The van der Waals surface area contributed by atoms with Crippen molar-refractivity contribution in [1.82, 2.24) is 0 Å². The van der Waals surface area contributed by atoms with Crippen LogP contribution in [0.25, 0.3) is 0 Å². The van der Waals surface area contributed by atoms with Crippen molar-refractivity contribution in [3.05, 3.63) is 29.8 Å². The van der Waals surface area contributed by atoms with E-state index >= 15 is 0 Å². The van der Waals surface area contributed by atoms with Crippen LogP contribution < -0.4 is 5.32 Å². The minimum absolute atomic E-state index is 0.459. The van der Waals surface area contributed by atoms with Crippen molar-refractivity contribution in [1.29, 1.82) is 5.26 Å². The van der Waals surface area contributed by atoms with Crippen LogP contribution in [0.4, 0.5) is 5.69 Å². The molecule has 0 bridgehead atoms. The summed E-state index contributed by atoms with van der Waals surface area (Å²) in [4.78, 5) is 4.58. The molecule has 0 saturated carbocycles. The zero-order valence-electron chi connectivity index (χ0n) is 9.81. The molecule has 1 heterocycles. The van der Waals surface area contributed by atoms with E-state index in [9.17, 15) is 0 Å². The maximum absolute atomic E-state index is 8.59. The molecule has 1 N–H and O–H groups in total. The fourth-order valence-electron chi connectivity index (χ4n) is 1.61. The number of benzene rings is 1. The Bertz CT molecular complexity index is 445. The van der Waals surface area contributed by atoms with Gasteiger partial charge >= 0.3 is 0 Å². The largest absolute Gasteiger partial charge is 0.335 e. The van der Waals surface area contributed by atoms with E-state index in [2.05, 4.69) is 23.3 Å². The number of aliphatic imine (C=N–C) groups is 1. The summed E-state index contributed by atoms with van der Waals surface area (Å²) >= 11 is 1.77. The molecule has 1 unspecified atom stereocenters. The van der Waals surface area contributed by atoms with Gasteiger partial charge in [0.2, 0.25) is 0 Å². The summed E-state index contributed by atoms with van der Waals surface area (Å²) in [5.41, 5.74) is 2.08. The summed E-state index contributed by atoms with van der Waals surface area (Å²) in [6.07, 6.45) is 1.56. The molecule has 0 aromatic heterocycles. The fourth-order valence-corrected chi connectivity index (χ4v) is 2.69. The van der Waals surface area contributed by atoms with Gasteiger partial charge in [-0.1, -0.05) is 30.8 Å². The molecule has 2 rings (SSSR count). The van der Waals surface area contributed by atoms with Crippen LogP contribution in [0.3, 0.4) is 0 Å². The summed E-state index contributed by atoms with van der Waals surface area (Å²) in [5.74, 6) is 1.07. The van der Waals surface area contributed by atoms with Crippen LogP contribution in [0, 0.1) is 11.3 Å². The molecule has 4 heteroatoms. The Hall–Kier alpha value is -1.47. The van der Waals surface area contributed by atoms with E-state index in [0.29, 0.717) is 12.5 Å². The molecule has 0 aliphatic carbocycles. The van der Waals surface area contributed by atoms with Crippen LogP contribution in [-0.4, -0.2) is 17.0 Å². The molecule has 0 amide bonds. The maximum Gasteiger partial charge on any atom is 0.161 e. The first kappa shape index (κ1) is 12.0. The van der Waals surface area contributed by atoms with E-state index in [-0.39, 0.29) is 0 Å². The zero-order valence-corrected chi connectivity index (χ0v) is 10.6. The lowest BCUT2D eigenvalue weighted by Gasteiger charge is -2.05. The topological polar surface area (TPSA) is 48.2 Å². The minimum Gasteiger partial charge on any atom is -0.335 e. The normalized spacial score (nSPS) is 18.6. The molecule has 0 fully saturated rings. The summed E-state index contributed by atoms with van der Waals surface area (Å²) in [5, 5.41) is 12.9. The average molecular weight is 245 g/mol. The Labute approximate surface area is 106 Å². The Morgan fingerprint density at radius 3 is 2.82 bits per heavy atom. The third kappa shape index (κ3) is 3.24. The number of amidine groups is 1. The Morgan fingerprint density at radius 2 is 2.24 bits per heavy atom. The van der Waals surface area contributed by atoms with Crippen LogP contribution >= 0.6 is 11.8 Å². The third-order valence-electron chi connectivity index (χ3n) is 2.67. The lowest BCUT2D eigenvalue weighted by molar-refractivity contribution is 0.738. The van der Waals surface area contributed by atoms with E-state index in [1.165, 1.54) is 0 Å². The highest BCUT2D eigenvalue weighted by Gasteiger charge is 2.16. The van der Waals surface area contributed by atoms with Gasteiger partial charge in [0.15, 0.2) is 5.17 Å². The molecule has 3 nitrogen and oxygen atoms in total. The number of nitriles is 1. The number of thioether (sulfide) groups is 1. The number of nitrogens with zero attached hydrogens (tertiary/aromatic N) is 2. The lowest BCUT2D eigenvalue weighted by Crippen LogP contribution is -2.05. The third-order valence-corrected chi connectivity index (χ3v) is 3.70. The highest BCUT2D eigenvalue weighted by atomic mass is 32.2. The number of hydrogen-bond donors (Lipinski definition) is 1. The van der Waals surface area contributed by atoms with E-state index in [4.69, 9.17) is 5.26 Å².